The number of hydrogen-bond acceptors (Lipinski definition) is 4. The van der Waals surface area contributed by atoms with E-state index in [9.17, 15) is 4.79 Å². The molecule has 4 nitrogen and oxygen atoms in total. The van der Waals surface area contributed by atoms with Gasteiger partial charge in [0, 0.05) is 0 Å². The van der Waals surface area contributed by atoms with E-state index in [2.05, 4.69) is 26.2 Å². The van der Waals surface area contributed by atoms with Crippen LogP contribution in [0.4, 0.5) is 5.82 Å². The first-order valence-electron chi connectivity index (χ1n) is 4.69. The number of nitrogens with zero attached hydrogens (tertiary/aromatic N) is 1. The van der Waals surface area contributed by atoms with Gasteiger partial charge < -0.3 is 10.1 Å². The summed E-state index contributed by atoms with van der Waals surface area (Å²) in [6.45, 7) is 3.90. The van der Waals surface area contributed by atoms with Crippen molar-refractivity contribution in [3.8, 4) is 0 Å². The van der Waals surface area contributed by atoms with Gasteiger partial charge in [-0.05, 0) is 41.9 Å². The van der Waals surface area contributed by atoms with E-state index in [1.54, 1.807) is 19.9 Å². The number of esters is 1. The van der Waals surface area contributed by atoms with Crippen LogP contribution in [-0.4, -0.2) is 23.6 Å². The highest BCUT2D eigenvalue weighted by molar-refractivity contribution is 9.10. The Bertz CT molecular complexity index is 344. The number of rotatable bonds is 4. The molecule has 1 rings (SSSR count). The predicted molar refractivity (Wildman–Crippen MR) is 61.7 cm³/mol. The van der Waals surface area contributed by atoms with Crippen LogP contribution in [0.15, 0.2) is 22.8 Å². The van der Waals surface area contributed by atoms with Crippen LogP contribution in [0.3, 0.4) is 0 Å². The van der Waals surface area contributed by atoms with Gasteiger partial charge in [0.2, 0.25) is 0 Å². The van der Waals surface area contributed by atoms with Crippen molar-refractivity contribution in [2.45, 2.75) is 19.9 Å². The highest BCUT2D eigenvalue weighted by Crippen LogP contribution is 2.11. The van der Waals surface area contributed by atoms with Crippen molar-refractivity contribution < 1.29 is 9.53 Å². The molecule has 1 atom stereocenters. The van der Waals surface area contributed by atoms with Gasteiger partial charge in [-0.15, -0.1) is 0 Å². The van der Waals surface area contributed by atoms with Crippen molar-refractivity contribution >= 4 is 27.7 Å². The van der Waals surface area contributed by atoms with Gasteiger partial charge in [0.25, 0.3) is 0 Å². The molecule has 5 heteroatoms. The summed E-state index contributed by atoms with van der Waals surface area (Å²) >= 11 is 3.25. The van der Waals surface area contributed by atoms with Crippen LogP contribution in [0.2, 0.25) is 0 Å². The number of carbonyl (C=O) groups is 1. The first-order valence-corrected chi connectivity index (χ1v) is 5.48. The van der Waals surface area contributed by atoms with Crippen LogP contribution in [0, 0.1) is 0 Å². The zero-order chi connectivity index (χ0) is 11.3. The molecular formula is C10H13BrN2O2. The zero-order valence-electron chi connectivity index (χ0n) is 8.66. The van der Waals surface area contributed by atoms with Gasteiger partial charge in [0.15, 0.2) is 0 Å². The number of aromatic nitrogens is 1. The standard InChI is InChI=1S/C10H13BrN2O2/c1-3-15-10(14)7(2)12-9-6-4-5-8(11)13-9/h4-7H,3H2,1-2H3,(H,12,13). The molecule has 1 heterocycles. The Kier molecular flexibility index (Phi) is 4.55. The molecule has 1 aromatic heterocycles. The summed E-state index contributed by atoms with van der Waals surface area (Å²) in [7, 11) is 0. The average Bonchev–Trinajstić information content (AvgIpc) is 2.18. The number of carbonyl (C=O) groups excluding carboxylic acids is 1. The third-order valence-electron chi connectivity index (χ3n) is 1.72. The summed E-state index contributed by atoms with van der Waals surface area (Å²) in [6, 6.07) is 5.06. The van der Waals surface area contributed by atoms with E-state index in [-0.39, 0.29) is 5.97 Å². The van der Waals surface area contributed by atoms with E-state index >= 15 is 0 Å². The Hall–Kier alpha value is -1.10. The molecule has 0 aliphatic rings. The van der Waals surface area contributed by atoms with Crippen LogP contribution in [0.5, 0.6) is 0 Å². The number of pyridine rings is 1. The molecule has 0 amide bonds. The second kappa shape index (κ2) is 5.70. The fourth-order valence-electron chi connectivity index (χ4n) is 1.04. The fourth-order valence-corrected chi connectivity index (χ4v) is 1.38. The van der Waals surface area contributed by atoms with Gasteiger partial charge in [-0.2, -0.15) is 0 Å². The molecular weight excluding hydrogens is 260 g/mol. The van der Waals surface area contributed by atoms with Crippen molar-refractivity contribution in [3.05, 3.63) is 22.8 Å². The van der Waals surface area contributed by atoms with Crippen LogP contribution < -0.4 is 5.32 Å². The summed E-state index contributed by atoms with van der Waals surface area (Å²) in [5.74, 6) is 0.365. The maximum absolute atomic E-state index is 11.3. The summed E-state index contributed by atoms with van der Waals surface area (Å²) < 4.78 is 5.59. The second-order valence-electron chi connectivity index (χ2n) is 2.96. The third-order valence-corrected chi connectivity index (χ3v) is 2.16. The summed E-state index contributed by atoms with van der Waals surface area (Å²) in [5.41, 5.74) is 0. The maximum Gasteiger partial charge on any atom is 0.328 e. The van der Waals surface area contributed by atoms with Crippen LogP contribution >= 0.6 is 15.9 Å². The zero-order valence-corrected chi connectivity index (χ0v) is 10.2. The van der Waals surface area contributed by atoms with E-state index in [1.165, 1.54) is 0 Å². The molecule has 82 valence electrons. The molecule has 0 saturated heterocycles. The van der Waals surface area contributed by atoms with E-state index in [0.29, 0.717) is 12.4 Å². The SMILES string of the molecule is CCOC(=O)C(C)Nc1cccc(Br)n1. The highest BCUT2D eigenvalue weighted by Gasteiger charge is 2.13. The monoisotopic (exact) mass is 272 g/mol. The number of hydrogen-bond donors (Lipinski definition) is 1. The van der Waals surface area contributed by atoms with Gasteiger partial charge in [-0.25, -0.2) is 9.78 Å². The molecule has 0 bridgehead atoms. The minimum atomic E-state index is -0.397. The summed E-state index contributed by atoms with van der Waals surface area (Å²) in [6.07, 6.45) is 0. The lowest BCUT2D eigenvalue weighted by Gasteiger charge is -2.12. The Morgan fingerprint density at radius 1 is 1.67 bits per heavy atom. The number of anilines is 1. The van der Waals surface area contributed by atoms with Crippen molar-refractivity contribution in [1.82, 2.24) is 4.98 Å². The van der Waals surface area contributed by atoms with E-state index < -0.39 is 6.04 Å². The molecule has 0 spiro atoms. The molecule has 0 saturated carbocycles. The normalized spacial score (nSPS) is 11.9. The molecule has 15 heavy (non-hydrogen) atoms. The smallest absolute Gasteiger partial charge is 0.328 e. The first kappa shape index (κ1) is 12.0. The van der Waals surface area contributed by atoms with Gasteiger partial charge in [0.05, 0.1) is 6.61 Å². The Balaban J connectivity index is 2.58. The van der Waals surface area contributed by atoms with Gasteiger partial charge in [-0.1, -0.05) is 6.07 Å². The summed E-state index contributed by atoms with van der Waals surface area (Å²) in [5, 5.41) is 2.95. The molecule has 0 fully saturated rings. The number of halogens is 1. The molecule has 0 aliphatic carbocycles. The molecule has 0 radical (unpaired) electrons. The summed E-state index contributed by atoms with van der Waals surface area (Å²) in [4.78, 5) is 15.5. The van der Waals surface area contributed by atoms with Crippen LogP contribution in [0.1, 0.15) is 13.8 Å². The van der Waals surface area contributed by atoms with Crippen LogP contribution in [-0.2, 0) is 9.53 Å². The van der Waals surface area contributed by atoms with Crippen molar-refractivity contribution in [1.29, 1.82) is 0 Å². The lowest BCUT2D eigenvalue weighted by molar-refractivity contribution is -0.143. The van der Waals surface area contributed by atoms with Crippen molar-refractivity contribution in [2.75, 3.05) is 11.9 Å². The predicted octanol–water partition coefficient (Wildman–Crippen LogP) is 2.21. The molecule has 0 aliphatic heterocycles. The van der Waals surface area contributed by atoms with E-state index in [4.69, 9.17) is 4.74 Å². The molecule has 1 aromatic rings. The molecule has 1 unspecified atom stereocenters. The van der Waals surface area contributed by atoms with E-state index in [0.717, 1.165) is 4.60 Å². The van der Waals surface area contributed by atoms with Crippen molar-refractivity contribution in [3.63, 3.8) is 0 Å². The minimum Gasteiger partial charge on any atom is -0.464 e. The molecule has 1 N–H and O–H groups in total. The van der Waals surface area contributed by atoms with Crippen LogP contribution in [0.25, 0.3) is 0 Å². The Labute approximate surface area is 97.2 Å². The maximum atomic E-state index is 11.3. The van der Waals surface area contributed by atoms with Gasteiger partial charge in [-0.3, -0.25) is 0 Å². The topological polar surface area (TPSA) is 51.2 Å². The van der Waals surface area contributed by atoms with Crippen molar-refractivity contribution in [2.24, 2.45) is 0 Å². The molecule has 0 aromatic carbocycles. The quantitative estimate of drug-likeness (QED) is 0.675. The lowest BCUT2D eigenvalue weighted by Crippen LogP contribution is -2.28. The highest BCUT2D eigenvalue weighted by atomic mass is 79.9. The van der Waals surface area contributed by atoms with E-state index in [1.807, 2.05) is 12.1 Å². The largest absolute Gasteiger partial charge is 0.464 e. The van der Waals surface area contributed by atoms with Gasteiger partial charge in [0.1, 0.15) is 16.5 Å². The third kappa shape index (κ3) is 3.87. The first-order chi connectivity index (χ1) is 7.13. The average molecular weight is 273 g/mol. The number of nitrogens with one attached hydrogen (secondary N) is 1. The lowest BCUT2D eigenvalue weighted by atomic mass is 10.3. The van der Waals surface area contributed by atoms with Gasteiger partial charge >= 0.3 is 5.97 Å². The fraction of sp³-hybridized carbons (Fsp3) is 0.400. The second-order valence-corrected chi connectivity index (χ2v) is 3.78. The number of ether oxygens (including phenoxy) is 1. The minimum absolute atomic E-state index is 0.278. The Morgan fingerprint density at radius 2 is 2.40 bits per heavy atom. The Morgan fingerprint density at radius 3 is 3.00 bits per heavy atom.